The standard InChI is InChI=1S/C12H15N3O/c1-2-12(16)15-9-7-14(8-10-15)11-3-5-13-6-4-11/h2-6H,1,7-10H2. The van der Waals surface area contributed by atoms with Gasteiger partial charge in [-0.25, -0.2) is 0 Å². The van der Waals surface area contributed by atoms with Crippen LogP contribution in [0.4, 0.5) is 5.69 Å². The van der Waals surface area contributed by atoms with Gasteiger partial charge < -0.3 is 9.80 Å². The number of piperazine rings is 1. The molecule has 1 fully saturated rings. The van der Waals surface area contributed by atoms with Gasteiger partial charge in [0.2, 0.25) is 5.91 Å². The van der Waals surface area contributed by atoms with E-state index in [9.17, 15) is 4.79 Å². The molecule has 1 aliphatic rings. The number of hydrogen-bond donors (Lipinski definition) is 0. The quantitative estimate of drug-likeness (QED) is 0.691. The van der Waals surface area contributed by atoms with Crippen LogP contribution < -0.4 is 4.90 Å². The molecule has 1 aliphatic heterocycles. The molecule has 0 saturated carbocycles. The molecule has 1 aromatic rings. The van der Waals surface area contributed by atoms with Crippen LogP contribution >= 0.6 is 0 Å². The Bertz CT molecular complexity index is 369. The topological polar surface area (TPSA) is 36.4 Å². The summed E-state index contributed by atoms with van der Waals surface area (Å²) < 4.78 is 0. The normalized spacial score (nSPS) is 16.0. The van der Waals surface area contributed by atoms with Crippen molar-refractivity contribution in [2.45, 2.75) is 0 Å². The van der Waals surface area contributed by atoms with E-state index >= 15 is 0 Å². The Balaban J connectivity index is 1.95. The molecule has 1 saturated heterocycles. The first-order valence-electron chi connectivity index (χ1n) is 5.37. The SMILES string of the molecule is C=CC(=O)N1CCN(c2ccncc2)CC1. The molecule has 0 unspecified atom stereocenters. The Labute approximate surface area is 95.2 Å². The lowest BCUT2D eigenvalue weighted by Crippen LogP contribution is -2.48. The highest BCUT2D eigenvalue weighted by atomic mass is 16.2. The van der Waals surface area contributed by atoms with E-state index < -0.39 is 0 Å². The molecule has 0 atom stereocenters. The summed E-state index contributed by atoms with van der Waals surface area (Å²) in [7, 11) is 0. The van der Waals surface area contributed by atoms with Crippen LogP contribution in [-0.4, -0.2) is 42.0 Å². The molecule has 4 heteroatoms. The Morgan fingerprint density at radius 1 is 1.25 bits per heavy atom. The van der Waals surface area contributed by atoms with E-state index in [4.69, 9.17) is 0 Å². The van der Waals surface area contributed by atoms with Gasteiger partial charge in [-0.05, 0) is 18.2 Å². The fourth-order valence-corrected chi connectivity index (χ4v) is 1.87. The molecule has 1 amide bonds. The van der Waals surface area contributed by atoms with Crippen LogP contribution in [-0.2, 0) is 4.79 Å². The summed E-state index contributed by atoms with van der Waals surface area (Å²) in [6.45, 7) is 6.74. The van der Waals surface area contributed by atoms with Gasteiger partial charge in [0.25, 0.3) is 0 Å². The van der Waals surface area contributed by atoms with E-state index in [0.717, 1.165) is 26.2 Å². The first kappa shape index (κ1) is 10.7. The van der Waals surface area contributed by atoms with Gasteiger partial charge in [0, 0.05) is 44.3 Å². The number of pyridine rings is 1. The Hall–Kier alpha value is -1.84. The molecule has 16 heavy (non-hydrogen) atoms. The predicted molar refractivity (Wildman–Crippen MR) is 63.2 cm³/mol. The molecule has 2 rings (SSSR count). The summed E-state index contributed by atoms with van der Waals surface area (Å²) in [5.74, 6) is 0.0226. The number of anilines is 1. The maximum absolute atomic E-state index is 11.4. The van der Waals surface area contributed by atoms with E-state index in [2.05, 4.69) is 16.5 Å². The molecular formula is C12H15N3O. The van der Waals surface area contributed by atoms with Crippen LogP contribution in [0.25, 0.3) is 0 Å². The van der Waals surface area contributed by atoms with Crippen molar-refractivity contribution in [2.24, 2.45) is 0 Å². The van der Waals surface area contributed by atoms with Crippen molar-refractivity contribution in [1.82, 2.24) is 9.88 Å². The number of aromatic nitrogens is 1. The number of nitrogens with zero attached hydrogens (tertiary/aromatic N) is 3. The predicted octanol–water partition coefficient (Wildman–Crippen LogP) is 0.916. The number of carbonyl (C=O) groups is 1. The monoisotopic (exact) mass is 217 g/mol. The summed E-state index contributed by atoms with van der Waals surface area (Å²) in [5, 5.41) is 0. The van der Waals surface area contributed by atoms with E-state index in [0.29, 0.717) is 0 Å². The van der Waals surface area contributed by atoms with Crippen LogP contribution in [0.15, 0.2) is 37.2 Å². The van der Waals surface area contributed by atoms with Crippen LogP contribution in [0.1, 0.15) is 0 Å². The number of amides is 1. The highest BCUT2D eigenvalue weighted by Crippen LogP contribution is 2.14. The first-order valence-corrected chi connectivity index (χ1v) is 5.37. The van der Waals surface area contributed by atoms with Crippen LogP contribution in [0.5, 0.6) is 0 Å². The first-order chi connectivity index (χ1) is 7.81. The lowest BCUT2D eigenvalue weighted by atomic mass is 10.2. The highest BCUT2D eigenvalue weighted by molar-refractivity contribution is 5.87. The summed E-state index contributed by atoms with van der Waals surface area (Å²) in [5.41, 5.74) is 1.17. The Morgan fingerprint density at radius 2 is 1.88 bits per heavy atom. The summed E-state index contributed by atoms with van der Waals surface area (Å²) in [6, 6.07) is 3.98. The van der Waals surface area contributed by atoms with Crippen molar-refractivity contribution in [1.29, 1.82) is 0 Å². The molecule has 0 radical (unpaired) electrons. The van der Waals surface area contributed by atoms with Crippen molar-refractivity contribution >= 4 is 11.6 Å². The smallest absolute Gasteiger partial charge is 0.246 e. The largest absolute Gasteiger partial charge is 0.368 e. The fourth-order valence-electron chi connectivity index (χ4n) is 1.87. The molecule has 0 spiro atoms. The van der Waals surface area contributed by atoms with Gasteiger partial charge in [-0.3, -0.25) is 9.78 Å². The van der Waals surface area contributed by atoms with Crippen LogP contribution in [0.3, 0.4) is 0 Å². The minimum absolute atomic E-state index is 0.0226. The van der Waals surface area contributed by atoms with Gasteiger partial charge >= 0.3 is 0 Å². The Morgan fingerprint density at radius 3 is 2.44 bits per heavy atom. The van der Waals surface area contributed by atoms with Crippen molar-refractivity contribution in [3.63, 3.8) is 0 Å². The van der Waals surface area contributed by atoms with E-state index in [-0.39, 0.29) is 5.91 Å². The second-order valence-corrected chi connectivity index (χ2v) is 3.72. The van der Waals surface area contributed by atoms with Gasteiger partial charge in [-0.1, -0.05) is 6.58 Å². The Kier molecular flexibility index (Phi) is 3.19. The van der Waals surface area contributed by atoms with E-state index in [1.807, 2.05) is 17.0 Å². The minimum Gasteiger partial charge on any atom is -0.368 e. The summed E-state index contributed by atoms with van der Waals surface area (Å²) in [6.07, 6.45) is 4.95. The van der Waals surface area contributed by atoms with E-state index in [1.165, 1.54) is 11.8 Å². The molecule has 1 aromatic heterocycles. The fraction of sp³-hybridized carbons (Fsp3) is 0.333. The molecule has 4 nitrogen and oxygen atoms in total. The third-order valence-corrected chi connectivity index (χ3v) is 2.79. The molecular weight excluding hydrogens is 202 g/mol. The van der Waals surface area contributed by atoms with Gasteiger partial charge in [0.15, 0.2) is 0 Å². The average Bonchev–Trinajstić information content (AvgIpc) is 2.39. The van der Waals surface area contributed by atoms with Gasteiger partial charge in [-0.2, -0.15) is 0 Å². The molecule has 84 valence electrons. The molecule has 0 aromatic carbocycles. The lowest BCUT2D eigenvalue weighted by molar-refractivity contribution is -0.126. The molecule has 0 bridgehead atoms. The van der Waals surface area contributed by atoms with E-state index in [1.54, 1.807) is 12.4 Å². The third kappa shape index (κ3) is 2.21. The van der Waals surface area contributed by atoms with Crippen LogP contribution in [0, 0.1) is 0 Å². The maximum atomic E-state index is 11.4. The van der Waals surface area contributed by atoms with Gasteiger partial charge in [-0.15, -0.1) is 0 Å². The van der Waals surface area contributed by atoms with Crippen molar-refractivity contribution < 1.29 is 4.79 Å². The maximum Gasteiger partial charge on any atom is 0.246 e. The number of hydrogen-bond acceptors (Lipinski definition) is 3. The molecule has 0 aliphatic carbocycles. The number of rotatable bonds is 2. The zero-order valence-corrected chi connectivity index (χ0v) is 9.17. The molecule has 2 heterocycles. The highest BCUT2D eigenvalue weighted by Gasteiger charge is 2.19. The third-order valence-electron chi connectivity index (χ3n) is 2.79. The number of carbonyl (C=O) groups excluding carboxylic acids is 1. The van der Waals surface area contributed by atoms with Crippen LogP contribution in [0.2, 0.25) is 0 Å². The van der Waals surface area contributed by atoms with Crippen molar-refractivity contribution in [3.05, 3.63) is 37.2 Å². The van der Waals surface area contributed by atoms with Gasteiger partial charge in [0.05, 0.1) is 0 Å². The van der Waals surface area contributed by atoms with Crippen molar-refractivity contribution in [2.75, 3.05) is 31.1 Å². The van der Waals surface area contributed by atoms with Gasteiger partial charge in [0.1, 0.15) is 0 Å². The second kappa shape index (κ2) is 4.79. The molecule has 0 N–H and O–H groups in total. The summed E-state index contributed by atoms with van der Waals surface area (Å²) in [4.78, 5) is 19.5. The summed E-state index contributed by atoms with van der Waals surface area (Å²) >= 11 is 0. The second-order valence-electron chi connectivity index (χ2n) is 3.72. The zero-order valence-electron chi connectivity index (χ0n) is 9.17. The van der Waals surface area contributed by atoms with Crippen molar-refractivity contribution in [3.8, 4) is 0 Å². The minimum atomic E-state index is 0.0226. The average molecular weight is 217 g/mol. The lowest BCUT2D eigenvalue weighted by Gasteiger charge is -2.35. The zero-order chi connectivity index (χ0) is 11.4.